The fraction of sp³-hybridized carbons (Fsp3) is 0.222. The number of benzene rings is 1. The number of aromatic nitrogens is 2. The van der Waals surface area contributed by atoms with Crippen LogP contribution < -0.4 is 0 Å². The number of aromatic amines is 1. The van der Waals surface area contributed by atoms with Crippen LogP contribution in [0, 0.1) is 5.82 Å². The number of nitrogens with one attached hydrogen (secondary N) is 1. The minimum atomic E-state index is -0.295. The first-order valence-corrected chi connectivity index (χ1v) is 7.62. The van der Waals surface area contributed by atoms with E-state index in [0.29, 0.717) is 6.54 Å². The maximum absolute atomic E-state index is 13.7. The molecule has 1 unspecified atom stereocenters. The van der Waals surface area contributed by atoms with Crippen LogP contribution in [0.2, 0.25) is 0 Å². The Balaban J connectivity index is 1.95. The molecular weight excluding hydrogens is 293 g/mol. The monoisotopic (exact) mass is 309 g/mol. The second-order valence-electron chi connectivity index (χ2n) is 5.86. The van der Waals surface area contributed by atoms with Gasteiger partial charge < -0.3 is 9.88 Å². The molecule has 116 valence electrons. The molecule has 5 heteroatoms. The highest BCUT2D eigenvalue weighted by Crippen LogP contribution is 2.38. The highest BCUT2D eigenvalue weighted by molar-refractivity contribution is 5.85. The van der Waals surface area contributed by atoms with E-state index in [0.717, 1.165) is 28.6 Å². The van der Waals surface area contributed by atoms with Crippen molar-refractivity contribution in [2.75, 3.05) is 6.54 Å². The SMILES string of the molecule is CC(=O)N1CCc2c([nH]c3cnccc23)C1c1cccc(F)c1. The average molecular weight is 309 g/mol. The zero-order valence-corrected chi connectivity index (χ0v) is 12.7. The molecule has 0 fully saturated rings. The number of nitrogens with zero attached hydrogens (tertiary/aromatic N) is 2. The number of carbonyl (C=O) groups excluding carboxylic acids is 1. The maximum atomic E-state index is 13.7. The highest BCUT2D eigenvalue weighted by atomic mass is 19.1. The molecule has 0 aliphatic carbocycles. The number of pyridine rings is 1. The summed E-state index contributed by atoms with van der Waals surface area (Å²) in [6, 6.07) is 8.15. The summed E-state index contributed by atoms with van der Waals surface area (Å²) in [6.07, 6.45) is 4.34. The van der Waals surface area contributed by atoms with Crippen LogP contribution in [0.3, 0.4) is 0 Å². The van der Waals surface area contributed by atoms with E-state index in [1.165, 1.54) is 17.7 Å². The van der Waals surface area contributed by atoms with Crippen LogP contribution >= 0.6 is 0 Å². The van der Waals surface area contributed by atoms with Gasteiger partial charge in [-0.25, -0.2) is 4.39 Å². The molecule has 4 rings (SSSR count). The van der Waals surface area contributed by atoms with Crippen molar-refractivity contribution in [3.05, 3.63) is 65.4 Å². The lowest BCUT2D eigenvalue weighted by Gasteiger charge is -2.35. The van der Waals surface area contributed by atoms with E-state index >= 15 is 0 Å². The fourth-order valence-corrected chi connectivity index (χ4v) is 3.51. The Morgan fingerprint density at radius 3 is 3.04 bits per heavy atom. The Labute approximate surface area is 133 Å². The summed E-state index contributed by atoms with van der Waals surface area (Å²) in [5.41, 5.74) is 3.87. The van der Waals surface area contributed by atoms with Crippen molar-refractivity contribution in [3.8, 4) is 0 Å². The van der Waals surface area contributed by atoms with Gasteiger partial charge in [0.25, 0.3) is 0 Å². The first kappa shape index (κ1) is 13.9. The van der Waals surface area contributed by atoms with Gasteiger partial charge in [0.1, 0.15) is 5.82 Å². The van der Waals surface area contributed by atoms with Crippen LogP contribution in [0.1, 0.15) is 29.8 Å². The van der Waals surface area contributed by atoms with Crippen LogP contribution in [0.5, 0.6) is 0 Å². The van der Waals surface area contributed by atoms with Crippen molar-refractivity contribution in [1.82, 2.24) is 14.9 Å². The van der Waals surface area contributed by atoms with E-state index in [-0.39, 0.29) is 17.8 Å². The van der Waals surface area contributed by atoms with Crippen molar-refractivity contribution < 1.29 is 9.18 Å². The molecule has 2 aromatic heterocycles. The molecule has 0 bridgehead atoms. The second kappa shape index (κ2) is 5.19. The van der Waals surface area contributed by atoms with Crippen molar-refractivity contribution in [2.24, 2.45) is 0 Å². The molecule has 3 aromatic rings. The second-order valence-corrected chi connectivity index (χ2v) is 5.86. The molecule has 1 N–H and O–H groups in total. The van der Waals surface area contributed by atoms with Gasteiger partial charge in [0, 0.05) is 30.7 Å². The maximum Gasteiger partial charge on any atom is 0.220 e. The number of hydrogen-bond donors (Lipinski definition) is 1. The summed E-state index contributed by atoms with van der Waals surface area (Å²) in [5.74, 6) is -0.308. The third kappa shape index (κ3) is 2.20. The van der Waals surface area contributed by atoms with Gasteiger partial charge in [0.15, 0.2) is 0 Å². The molecule has 1 atom stereocenters. The number of amides is 1. The standard InChI is InChI=1S/C18H16FN3O/c1-11(23)22-8-6-15-14-5-7-20-10-16(14)21-17(15)18(22)12-3-2-4-13(19)9-12/h2-5,7,9-10,18,21H,6,8H2,1H3. The van der Waals surface area contributed by atoms with Gasteiger partial charge in [-0.05, 0) is 35.7 Å². The summed E-state index contributed by atoms with van der Waals surface area (Å²) >= 11 is 0. The Kier molecular flexibility index (Phi) is 3.15. The number of halogens is 1. The van der Waals surface area contributed by atoms with Crippen LogP contribution in [0.15, 0.2) is 42.7 Å². The van der Waals surface area contributed by atoms with Crippen molar-refractivity contribution in [1.29, 1.82) is 0 Å². The van der Waals surface area contributed by atoms with E-state index in [9.17, 15) is 9.18 Å². The third-order valence-corrected chi connectivity index (χ3v) is 4.50. The predicted octanol–water partition coefficient (Wildman–Crippen LogP) is 3.20. The van der Waals surface area contributed by atoms with Gasteiger partial charge in [-0.3, -0.25) is 9.78 Å². The van der Waals surface area contributed by atoms with E-state index in [4.69, 9.17) is 0 Å². The lowest BCUT2D eigenvalue weighted by Crippen LogP contribution is -2.39. The molecule has 1 aromatic carbocycles. The smallest absolute Gasteiger partial charge is 0.220 e. The van der Waals surface area contributed by atoms with Gasteiger partial charge in [-0.1, -0.05) is 12.1 Å². The summed E-state index contributed by atoms with van der Waals surface area (Å²) in [4.78, 5) is 21.4. The molecule has 0 radical (unpaired) electrons. The molecule has 0 spiro atoms. The average Bonchev–Trinajstić information content (AvgIpc) is 2.92. The molecule has 1 aliphatic rings. The fourth-order valence-electron chi connectivity index (χ4n) is 3.51. The minimum Gasteiger partial charge on any atom is -0.355 e. The van der Waals surface area contributed by atoms with Gasteiger partial charge in [-0.2, -0.15) is 0 Å². The van der Waals surface area contributed by atoms with Crippen molar-refractivity contribution in [2.45, 2.75) is 19.4 Å². The Morgan fingerprint density at radius 2 is 2.26 bits per heavy atom. The highest BCUT2D eigenvalue weighted by Gasteiger charge is 2.33. The van der Waals surface area contributed by atoms with Gasteiger partial charge in [0.05, 0.1) is 17.8 Å². The lowest BCUT2D eigenvalue weighted by molar-refractivity contribution is -0.130. The largest absolute Gasteiger partial charge is 0.355 e. The minimum absolute atomic E-state index is 0.0123. The molecule has 0 saturated heterocycles. The summed E-state index contributed by atoms with van der Waals surface area (Å²) in [6.45, 7) is 2.18. The Bertz CT molecular complexity index is 902. The lowest BCUT2D eigenvalue weighted by atomic mass is 9.92. The van der Waals surface area contributed by atoms with E-state index in [2.05, 4.69) is 9.97 Å². The van der Waals surface area contributed by atoms with E-state index < -0.39 is 0 Å². The number of fused-ring (bicyclic) bond motifs is 3. The molecule has 1 aliphatic heterocycles. The number of carbonyl (C=O) groups is 1. The number of rotatable bonds is 1. The van der Waals surface area contributed by atoms with Crippen LogP contribution in [0.4, 0.5) is 4.39 Å². The van der Waals surface area contributed by atoms with Gasteiger partial charge >= 0.3 is 0 Å². The molecule has 3 heterocycles. The molecular formula is C18H16FN3O. The van der Waals surface area contributed by atoms with Gasteiger partial charge in [0.2, 0.25) is 5.91 Å². The van der Waals surface area contributed by atoms with Crippen LogP contribution in [0.25, 0.3) is 10.9 Å². The predicted molar refractivity (Wildman–Crippen MR) is 85.4 cm³/mol. The van der Waals surface area contributed by atoms with Crippen molar-refractivity contribution in [3.63, 3.8) is 0 Å². The zero-order chi connectivity index (χ0) is 16.0. The van der Waals surface area contributed by atoms with Crippen LogP contribution in [-0.2, 0) is 11.2 Å². The molecule has 1 amide bonds. The quantitative estimate of drug-likeness (QED) is 0.750. The molecule has 0 saturated carbocycles. The Morgan fingerprint density at radius 1 is 1.39 bits per heavy atom. The van der Waals surface area contributed by atoms with Crippen LogP contribution in [-0.4, -0.2) is 27.3 Å². The molecule has 4 nitrogen and oxygen atoms in total. The number of H-pyrrole nitrogens is 1. The summed E-state index contributed by atoms with van der Waals surface area (Å²) in [5, 5.41) is 1.12. The summed E-state index contributed by atoms with van der Waals surface area (Å²) in [7, 11) is 0. The Hall–Kier alpha value is -2.69. The van der Waals surface area contributed by atoms with Crippen molar-refractivity contribution >= 4 is 16.8 Å². The van der Waals surface area contributed by atoms with E-state index in [1.807, 2.05) is 12.1 Å². The normalized spacial score (nSPS) is 17.3. The number of hydrogen-bond acceptors (Lipinski definition) is 2. The first-order valence-electron chi connectivity index (χ1n) is 7.62. The van der Waals surface area contributed by atoms with E-state index in [1.54, 1.807) is 30.3 Å². The molecule has 23 heavy (non-hydrogen) atoms. The third-order valence-electron chi connectivity index (χ3n) is 4.50. The zero-order valence-electron chi connectivity index (χ0n) is 12.7. The van der Waals surface area contributed by atoms with Gasteiger partial charge in [-0.15, -0.1) is 0 Å². The first-order chi connectivity index (χ1) is 11.1. The topological polar surface area (TPSA) is 49.0 Å². The summed E-state index contributed by atoms with van der Waals surface area (Å²) < 4.78 is 13.7.